The Morgan fingerprint density at radius 2 is 2.09 bits per heavy atom. The van der Waals surface area contributed by atoms with Crippen LogP contribution in [0.3, 0.4) is 0 Å². The zero-order valence-corrected chi connectivity index (χ0v) is 7.10. The van der Waals surface area contributed by atoms with Gasteiger partial charge < -0.3 is 9.94 Å². The summed E-state index contributed by atoms with van der Waals surface area (Å²) in [6, 6.07) is 0. The Morgan fingerprint density at radius 1 is 1.45 bits per heavy atom. The van der Waals surface area contributed by atoms with Gasteiger partial charge in [0.05, 0.1) is 18.8 Å². The maximum atomic E-state index is 9.10. The topological polar surface area (TPSA) is 41.5 Å². The summed E-state index contributed by atoms with van der Waals surface area (Å²) in [7, 11) is 0. The van der Waals surface area contributed by atoms with Crippen LogP contribution in [0.15, 0.2) is 0 Å². The summed E-state index contributed by atoms with van der Waals surface area (Å²) in [4.78, 5) is 5.10. The lowest BCUT2D eigenvalue weighted by molar-refractivity contribution is -0.0357. The van der Waals surface area contributed by atoms with Crippen molar-refractivity contribution in [1.29, 1.82) is 0 Å². The minimum absolute atomic E-state index is 0.129. The molecule has 0 spiro atoms. The monoisotopic (exact) mass is 159 g/mol. The van der Waals surface area contributed by atoms with Crippen LogP contribution in [0.5, 0.6) is 0 Å². The van der Waals surface area contributed by atoms with Crippen molar-refractivity contribution >= 4 is 0 Å². The summed E-state index contributed by atoms with van der Waals surface area (Å²) in [5.41, 5.74) is 2.82. The van der Waals surface area contributed by atoms with E-state index in [0.717, 1.165) is 12.8 Å². The number of hydroxylamine groups is 1. The summed E-state index contributed by atoms with van der Waals surface area (Å²) in [6.07, 6.45) is 4.45. The Balaban J connectivity index is 2.33. The molecule has 2 N–H and O–H groups in total. The first-order chi connectivity index (χ1) is 5.33. The van der Waals surface area contributed by atoms with E-state index in [0.29, 0.717) is 6.61 Å². The van der Waals surface area contributed by atoms with Gasteiger partial charge >= 0.3 is 0 Å². The van der Waals surface area contributed by atoms with Crippen molar-refractivity contribution in [1.82, 2.24) is 5.48 Å². The molecule has 66 valence electrons. The van der Waals surface area contributed by atoms with E-state index in [4.69, 9.17) is 9.94 Å². The molecule has 0 aromatic heterocycles. The lowest BCUT2D eigenvalue weighted by Gasteiger charge is -2.26. The van der Waals surface area contributed by atoms with Crippen LogP contribution in [0.2, 0.25) is 0 Å². The molecule has 1 rings (SSSR count). The van der Waals surface area contributed by atoms with Gasteiger partial charge in [0.1, 0.15) is 0 Å². The number of hydrogen-bond acceptors (Lipinski definition) is 3. The molecule has 0 radical (unpaired) electrons. The molecule has 0 aromatic carbocycles. The largest absolute Gasteiger partial charge is 0.394 e. The van der Waals surface area contributed by atoms with Crippen molar-refractivity contribution in [3.8, 4) is 0 Å². The molecule has 3 heteroatoms. The van der Waals surface area contributed by atoms with E-state index in [1.807, 2.05) is 6.92 Å². The Kier molecular flexibility index (Phi) is 3.30. The van der Waals surface area contributed by atoms with Crippen molar-refractivity contribution in [2.24, 2.45) is 0 Å². The number of nitrogens with one attached hydrogen (secondary N) is 1. The van der Waals surface area contributed by atoms with E-state index in [2.05, 4.69) is 5.48 Å². The Morgan fingerprint density at radius 3 is 2.55 bits per heavy atom. The molecular weight excluding hydrogens is 142 g/mol. The molecule has 0 heterocycles. The highest BCUT2D eigenvalue weighted by molar-refractivity contribution is 4.89. The van der Waals surface area contributed by atoms with Crippen molar-refractivity contribution in [3.63, 3.8) is 0 Å². The quantitative estimate of drug-likeness (QED) is 0.597. The van der Waals surface area contributed by atoms with Crippen LogP contribution in [0.1, 0.15) is 32.6 Å². The predicted molar refractivity (Wildman–Crippen MR) is 43.0 cm³/mol. The Labute approximate surface area is 67.7 Å². The fourth-order valence-electron chi connectivity index (χ4n) is 1.57. The van der Waals surface area contributed by atoms with Crippen LogP contribution in [0.4, 0.5) is 0 Å². The maximum Gasteiger partial charge on any atom is 0.0662 e. The van der Waals surface area contributed by atoms with E-state index < -0.39 is 0 Å². The first kappa shape index (κ1) is 8.97. The summed E-state index contributed by atoms with van der Waals surface area (Å²) in [6.45, 7) is 2.78. The van der Waals surface area contributed by atoms with Gasteiger partial charge in [-0.1, -0.05) is 12.8 Å². The highest BCUT2D eigenvalue weighted by Gasteiger charge is 2.33. The van der Waals surface area contributed by atoms with Crippen LogP contribution in [-0.4, -0.2) is 23.9 Å². The molecule has 0 atom stereocenters. The highest BCUT2D eigenvalue weighted by atomic mass is 16.6. The van der Waals surface area contributed by atoms with Crippen LogP contribution in [0.25, 0.3) is 0 Å². The molecule has 0 aliphatic heterocycles. The molecular formula is C8H17NO2. The highest BCUT2D eigenvalue weighted by Crippen LogP contribution is 2.28. The molecule has 0 unspecified atom stereocenters. The van der Waals surface area contributed by atoms with E-state index in [9.17, 15) is 0 Å². The third kappa shape index (κ3) is 2.15. The molecule has 0 aromatic rings. The van der Waals surface area contributed by atoms with Crippen LogP contribution >= 0.6 is 0 Å². The van der Waals surface area contributed by atoms with Crippen molar-refractivity contribution < 1.29 is 9.94 Å². The standard InChI is InChI=1S/C8H17NO2/c1-2-11-9-8(7-10)5-3-4-6-8/h9-10H,2-7H2,1H3. The first-order valence-electron chi connectivity index (χ1n) is 4.33. The van der Waals surface area contributed by atoms with Gasteiger partial charge in [-0.3, -0.25) is 0 Å². The molecule has 0 saturated heterocycles. The maximum absolute atomic E-state index is 9.10. The zero-order valence-electron chi connectivity index (χ0n) is 7.10. The lowest BCUT2D eigenvalue weighted by atomic mass is 10.0. The smallest absolute Gasteiger partial charge is 0.0662 e. The molecule has 1 aliphatic rings. The van der Waals surface area contributed by atoms with E-state index in [1.165, 1.54) is 12.8 Å². The minimum Gasteiger partial charge on any atom is -0.394 e. The van der Waals surface area contributed by atoms with E-state index in [-0.39, 0.29) is 12.1 Å². The average molecular weight is 159 g/mol. The normalized spacial score (nSPS) is 22.4. The number of aliphatic hydroxyl groups excluding tert-OH is 1. The second-order valence-electron chi connectivity index (χ2n) is 3.18. The number of aliphatic hydroxyl groups is 1. The van der Waals surface area contributed by atoms with Gasteiger partial charge in [-0.15, -0.1) is 0 Å². The second-order valence-corrected chi connectivity index (χ2v) is 3.18. The third-order valence-electron chi connectivity index (χ3n) is 2.30. The molecule has 0 amide bonds. The van der Waals surface area contributed by atoms with Gasteiger partial charge in [-0.05, 0) is 19.8 Å². The van der Waals surface area contributed by atoms with Gasteiger partial charge in [0.25, 0.3) is 0 Å². The van der Waals surface area contributed by atoms with Gasteiger partial charge in [0, 0.05) is 0 Å². The molecule has 1 saturated carbocycles. The number of rotatable bonds is 4. The summed E-state index contributed by atoms with van der Waals surface area (Å²) in [5.74, 6) is 0. The molecule has 1 aliphatic carbocycles. The minimum atomic E-state index is -0.129. The van der Waals surface area contributed by atoms with Gasteiger partial charge in [0.15, 0.2) is 0 Å². The Hall–Kier alpha value is -0.120. The number of hydrogen-bond donors (Lipinski definition) is 2. The van der Waals surface area contributed by atoms with Crippen molar-refractivity contribution in [2.45, 2.75) is 38.1 Å². The molecule has 11 heavy (non-hydrogen) atoms. The summed E-state index contributed by atoms with van der Waals surface area (Å²) >= 11 is 0. The van der Waals surface area contributed by atoms with Crippen LogP contribution in [-0.2, 0) is 4.84 Å². The molecule has 0 bridgehead atoms. The zero-order chi connectivity index (χ0) is 8.16. The SMILES string of the molecule is CCONC1(CO)CCCC1. The van der Waals surface area contributed by atoms with E-state index in [1.54, 1.807) is 0 Å². The summed E-state index contributed by atoms with van der Waals surface area (Å²) < 4.78 is 0. The van der Waals surface area contributed by atoms with Crippen molar-refractivity contribution in [2.75, 3.05) is 13.2 Å². The molecule has 3 nitrogen and oxygen atoms in total. The van der Waals surface area contributed by atoms with Crippen molar-refractivity contribution in [3.05, 3.63) is 0 Å². The fraction of sp³-hybridized carbons (Fsp3) is 1.00. The Bertz CT molecular complexity index is 111. The van der Waals surface area contributed by atoms with Crippen LogP contribution < -0.4 is 5.48 Å². The lowest BCUT2D eigenvalue weighted by Crippen LogP contribution is -2.45. The predicted octanol–water partition coefficient (Wildman–Crippen LogP) is 0.833. The first-order valence-corrected chi connectivity index (χ1v) is 4.33. The summed E-state index contributed by atoms with van der Waals surface area (Å²) in [5, 5.41) is 9.10. The van der Waals surface area contributed by atoms with Gasteiger partial charge in [-0.25, -0.2) is 0 Å². The van der Waals surface area contributed by atoms with E-state index >= 15 is 0 Å². The van der Waals surface area contributed by atoms with Crippen LogP contribution in [0, 0.1) is 0 Å². The van der Waals surface area contributed by atoms with Gasteiger partial charge in [0.2, 0.25) is 0 Å². The molecule has 1 fully saturated rings. The van der Waals surface area contributed by atoms with Gasteiger partial charge in [-0.2, -0.15) is 5.48 Å². The third-order valence-corrected chi connectivity index (χ3v) is 2.30. The fourth-order valence-corrected chi connectivity index (χ4v) is 1.57. The average Bonchev–Trinajstić information content (AvgIpc) is 2.50. The second kappa shape index (κ2) is 4.04.